The fourth-order valence-electron chi connectivity index (χ4n) is 5.61. The van der Waals surface area contributed by atoms with Gasteiger partial charge in [0.1, 0.15) is 0 Å². The van der Waals surface area contributed by atoms with Gasteiger partial charge in [-0.05, 0) is 79.5 Å². The van der Waals surface area contributed by atoms with Crippen molar-refractivity contribution in [1.82, 2.24) is 15.1 Å². The number of rotatable bonds is 7. The van der Waals surface area contributed by atoms with E-state index in [1.54, 1.807) is 23.0 Å². The maximum Gasteiger partial charge on any atom is 0.416 e. The molecule has 6 nitrogen and oxygen atoms in total. The number of carbonyl (C=O) groups is 2. The zero-order valence-electron chi connectivity index (χ0n) is 22.0. The molecule has 1 atom stereocenters. The standard InChI is InChI=1S/C31H30F3N3O3/c1-19(21-10-12-23(13-11-21)30(39)40)36-29(38)27-16-24(22-7-3-2-4-8-22)15-25-17-35-37(28(25)27)18-20-6-5-9-26(14-20)31(32,33)34/h2-9,14-17,19,21,23H,10-13,18H2,1H3,(H,36,38)(H,39,40)/t19-,21?,23?/m0/s1. The Bertz CT molecular complexity index is 1520. The van der Waals surface area contributed by atoms with Gasteiger partial charge in [-0.15, -0.1) is 0 Å². The molecule has 0 aliphatic heterocycles. The summed E-state index contributed by atoms with van der Waals surface area (Å²) < 4.78 is 41.5. The minimum atomic E-state index is -4.46. The molecule has 1 aliphatic rings. The van der Waals surface area contributed by atoms with Crippen molar-refractivity contribution >= 4 is 22.8 Å². The molecule has 9 heteroatoms. The first kappa shape index (κ1) is 27.4. The maximum absolute atomic E-state index is 13.8. The highest BCUT2D eigenvalue weighted by molar-refractivity contribution is 6.07. The minimum Gasteiger partial charge on any atom is -0.481 e. The summed E-state index contributed by atoms with van der Waals surface area (Å²) in [6.45, 7) is 2.00. The third-order valence-electron chi connectivity index (χ3n) is 7.86. The number of nitrogens with zero attached hydrogens (tertiary/aromatic N) is 2. The number of alkyl halides is 3. The predicted molar refractivity (Wildman–Crippen MR) is 146 cm³/mol. The molecular weight excluding hydrogens is 519 g/mol. The Labute approximate surface area is 229 Å². The molecule has 0 spiro atoms. The van der Waals surface area contributed by atoms with E-state index < -0.39 is 17.7 Å². The van der Waals surface area contributed by atoms with Crippen molar-refractivity contribution in [2.24, 2.45) is 11.8 Å². The lowest BCUT2D eigenvalue weighted by Gasteiger charge is -2.31. The van der Waals surface area contributed by atoms with Crippen LogP contribution in [0.15, 0.2) is 72.9 Å². The maximum atomic E-state index is 13.8. The molecule has 0 radical (unpaired) electrons. The van der Waals surface area contributed by atoms with Crippen molar-refractivity contribution in [3.63, 3.8) is 0 Å². The van der Waals surface area contributed by atoms with Crippen molar-refractivity contribution in [2.75, 3.05) is 0 Å². The summed E-state index contributed by atoms with van der Waals surface area (Å²) in [6.07, 6.45) is -0.244. The zero-order valence-corrected chi connectivity index (χ0v) is 22.0. The molecule has 40 heavy (non-hydrogen) atoms. The number of hydrogen-bond acceptors (Lipinski definition) is 3. The van der Waals surface area contributed by atoms with Gasteiger partial charge in [0.15, 0.2) is 0 Å². The van der Waals surface area contributed by atoms with Crippen molar-refractivity contribution in [3.8, 4) is 11.1 Å². The van der Waals surface area contributed by atoms with E-state index in [1.165, 1.54) is 6.07 Å². The summed E-state index contributed by atoms with van der Waals surface area (Å²) >= 11 is 0. The van der Waals surface area contributed by atoms with Gasteiger partial charge in [0.25, 0.3) is 5.91 Å². The molecule has 0 unspecified atom stereocenters. The van der Waals surface area contributed by atoms with Gasteiger partial charge in [0.2, 0.25) is 0 Å². The van der Waals surface area contributed by atoms with Crippen LogP contribution in [0.3, 0.4) is 0 Å². The number of fused-ring (bicyclic) bond motifs is 1. The van der Waals surface area contributed by atoms with Gasteiger partial charge in [0, 0.05) is 11.4 Å². The number of halogens is 3. The lowest BCUT2D eigenvalue weighted by molar-refractivity contribution is -0.143. The summed E-state index contributed by atoms with van der Waals surface area (Å²) in [5.41, 5.74) is 2.35. The average Bonchev–Trinajstić information content (AvgIpc) is 3.35. The highest BCUT2D eigenvalue weighted by atomic mass is 19.4. The number of carboxylic acid groups (broad SMARTS) is 1. The number of amides is 1. The van der Waals surface area contributed by atoms with E-state index in [9.17, 15) is 27.9 Å². The summed E-state index contributed by atoms with van der Waals surface area (Å²) in [5.74, 6) is -1.26. The third kappa shape index (κ3) is 5.88. The summed E-state index contributed by atoms with van der Waals surface area (Å²) in [6, 6.07) is 18.3. The van der Waals surface area contributed by atoms with Crippen LogP contribution in [-0.4, -0.2) is 32.8 Å². The Kier molecular flexibility index (Phi) is 7.65. The largest absolute Gasteiger partial charge is 0.481 e. The number of benzene rings is 3. The minimum absolute atomic E-state index is 0.0626. The van der Waals surface area contributed by atoms with E-state index in [2.05, 4.69) is 10.4 Å². The molecule has 1 saturated carbocycles. The molecule has 0 bridgehead atoms. The van der Waals surface area contributed by atoms with Crippen LogP contribution in [0.2, 0.25) is 0 Å². The summed E-state index contributed by atoms with van der Waals surface area (Å²) in [4.78, 5) is 25.1. The van der Waals surface area contributed by atoms with E-state index in [1.807, 2.05) is 43.3 Å². The van der Waals surface area contributed by atoms with Crippen LogP contribution in [0, 0.1) is 11.8 Å². The molecule has 1 aliphatic carbocycles. The molecule has 1 aromatic heterocycles. The normalized spacial score (nSPS) is 18.4. The lowest BCUT2D eigenvalue weighted by atomic mass is 9.79. The van der Waals surface area contributed by atoms with Crippen LogP contribution >= 0.6 is 0 Å². The molecule has 208 valence electrons. The molecule has 1 fully saturated rings. The van der Waals surface area contributed by atoms with E-state index in [4.69, 9.17) is 0 Å². The molecule has 0 saturated heterocycles. The zero-order chi connectivity index (χ0) is 28.4. The van der Waals surface area contributed by atoms with Crippen LogP contribution in [0.4, 0.5) is 13.2 Å². The first-order chi connectivity index (χ1) is 19.1. The van der Waals surface area contributed by atoms with E-state index >= 15 is 0 Å². The first-order valence-electron chi connectivity index (χ1n) is 13.3. The van der Waals surface area contributed by atoms with Gasteiger partial charge in [-0.25, -0.2) is 0 Å². The molecule has 1 amide bonds. The van der Waals surface area contributed by atoms with Crippen LogP contribution in [-0.2, 0) is 17.5 Å². The second-order valence-electron chi connectivity index (χ2n) is 10.5. The number of carbonyl (C=O) groups excluding carboxylic acids is 1. The Morgan fingerprint density at radius 3 is 2.40 bits per heavy atom. The molecule has 5 rings (SSSR count). The fraction of sp³-hybridized carbons (Fsp3) is 0.323. The fourth-order valence-corrected chi connectivity index (χ4v) is 5.61. The van der Waals surface area contributed by atoms with Gasteiger partial charge in [0.05, 0.1) is 35.3 Å². The van der Waals surface area contributed by atoms with Crippen molar-refractivity contribution in [3.05, 3.63) is 89.6 Å². The monoisotopic (exact) mass is 549 g/mol. The Hall–Kier alpha value is -4.14. The van der Waals surface area contributed by atoms with Gasteiger partial charge < -0.3 is 10.4 Å². The highest BCUT2D eigenvalue weighted by Gasteiger charge is 2.31. The number of carboxylic acids is 1. The SMILES string of the molecule is C[C@H](NC(=O)c1cc(-c2ccccc2)cc2cnn(Cc3cccc(C(F)(F)F)c3)c12)C1CCC(C(=O)O)CC1. The van der Waals surface area contributed by atoms with Crippen LogP contribution < -0.4 is 5.32 Å². The second-order valence-corrected chi connectivity index (χ2v) is 10.5. The molecule has 2 N–H and O–H groups in total. The summed E-state index contributed by atoms with van der Waals surface area (Å²) in [5, 5.41) is 17.6. The molecule has 3 aromatic carbocycles. The number of hydrogen-bond donors (Lipinski definition) is 2. The topological polar surface area (TPSA) is 84.2 Å². The van der Waals surface area contributed by atoms with E-state index in [-0.39, 0.29) is 30.3 Å². The van der Waals surface area contributed by atoms with Crippen LogP contribution in [0.25, 0.3) is 22.0 Å². The third-order valence-corrected chi connectivity index (χ3v) is 7.86. The number of aliphatic carboxylic acids is 1. The first-order valence-corrected chi connectivity index (χ1v) is 13.3. The van der Waals surface area contributed by atoms with Crippen molar-refractivity contribution < 1.29 is 27.9 Å². The van der Waals surface area contributed by atoms with Gasteiger partial charge in [-0.1, -0.05) is 42.5 Å². The Morgan fingerprint density at radius 1 is 1.00 bits per heavy atom. The van der Waals surface area contributed by atoms with E-state index in [0.717, 1.165) is 23.3 Å². The van der Waals surface area contributed by atoms with Gasteiger partial charge >= 0.3 is 12.1 Å². The Morgan fingerprint density at radius 2 is 1.73 bits per heavy atom. The average molecular weight is 550 g/mol. The lowest BCUT2D eigenvalue weighted by Crippen LogP contribution is -2.40. The van der Waals surface area contributed by atoms with Crippen LogP contribution in [0.1, 0.15) is 54.1 Å². The molecule has 1 heterocycles. The van der Waals surface area contributed by atoms with Crippen molar-refractivity contribution in [1.29, 1.82) is 0 Å². The number of aromatic nitrogens is 2. The smallest absolute Gasteiger partial charge is 0.416 e. The highest BCUT2D eigenvalue weighted by Crippen LogP contribution is 2.33. The van der Waals surface area contributed by atoms with Crippen molar-refractivity contribution in [2.45, 2.75) is 51.4 Å². The van der Waals surface area contributed by atoms with Crippen LogP contribution in [0.5, 0.6) is 0 Å². The van der Waals surface area contributed by atoms with E-state index in [0.29, 0.717) is 47.7 Å². The molecule has 4 aromatic rings. The predicted octanol–water partition coefficient (Wildman–Crippen LogP) is 6.78. The second kappa shape index (κ2) is 11.2. The number of nitrogens with one attached hydrogen (secondary N) is 1. The van der Waals surface area contributed by atoms with Gasteiger partial charge in [-0.3, -0.25) is 14.3 Å². The summed E-state index contributed by atoms with van der Waals surface area (Å²) in [7, 11) is 0. The Balaban J connectivity index is 1.48. The quantitative estimate of drug-likeness (QED) is 0.266. The molecular formula is C31H30F3N3O3. The van der Waals surface area contributed by atoms with Gasteiger partial charge in [-0.2, -0.15) is 18.3 Å².